The zero-order valence-electron chi connectivity index (χ0n) is 16.4. The first kappa shape index (κ1) is 18.9. The van der Waals surface area contributed by atoms with Gasteiger partial charge in [0.1, 0.15) is 0 Å². The Kier molecular flexibility index (Phi) is 5.30. The van der Waals surface area contributed by atoms with Crippen LogP contribution in [0.5, 0.6) is 0 Å². The molecule has 1 amide bonds. The van der Waals surface area contributed by atoms with Gasteiger partial charge < -0.3 is 15.1 Å². The van der Waals surface area contributed by atoms with E-state index in [1.807, 2.05) is 18.2 Å². The molecule has 148 valence electrons. The van der Waals surface area contributed by atoms with Crippen LogP contribution in [0.25, 0.3) is 0 Å². The Hall–Kier alpha value is -1.39. The predicted molar refractivity (Wildman–Crippen MR) is 105 cm³/mol. The van der Waals surface area contributed by atoms with Gasteiger partial charge in [-0.2, -0.15) is 0 Å². The molecule has 4 nitrogen and oxygen atoms in total. The number of rotatable bonds is 2. The van der Waals surface area contributed by atoms with Crippen LogP contribution < -0.4 is 0 Å². The highest BCUT2D eigenvalue weighted by Gasteiger charge is 2.57. The van der Waals surface area contributed by atoms with Crippen LogP contribution in [0.3, 0.4) is 0 Å². The van der Waals surface area contributed by atoms with Gasteiger partial charge in [0.25, 0.3) is 0 Å². The van der Waals surface area contributed by atoms with E-state index in [0.29, 0.717) is 6.42 Å². The Bertz CT molecular complexity index is 657. The van der Waals surface area contributed by atoms with E-state index >= 15 is 0 Å². The van der Waals surface area contributed by atoms with Crippen molar-refractivity contribution in [1.82, 2.24) is 4.90 Å². The van der Waals surface area contributed by atoms with Crippen LogP contribution in [0.15, 0.2) is 30.3 Å². The Morgan fingerprint density at radius 3 is 2.41 bits per heavy atom. The lowest BCUT2D eigenvalue weighted by molar-refractivity contribution is -0.142. The number of amides is 1. The third-order valence-corrected chi connectivity index (χ3v) is 7.48. The number of aliphatic hydroxyl groups is 2. The molecule has 1 aromatic carbocycles. The van der Waals surface area contributed by atoms with Crippen LogP contribution in [-0.4, -0.2) is 39.3 Å². The Labute approximate surface area is 162 Å². The van der Waals surface area contributed by atoms with Crippen molar-refractivity contribution >= 4 is 5.91 Å². The maximum Gasteiger partial charge on any atom is 0.226 e. The van der Waals surface area contributed by atoms with Gasteiger partial charge in [0.2, 0.25) is 5.91 Å². The number of likely N-dealkylation sites (tertiary alicyclic amines) is 1. The van der Waals surface area contributed by atoms with E-state index in [0.717, 1.165) is 50.5 Å². The highest BCUT2D eigenvalue weighted by Crippen LogP contribution is 2.54. The van der Waals surface area contributed by atoms with Gasteiger partial charge >= 0.3 is 0 Å². The predicted octanol–water partition coefficient (Wildman–Crippen LogP) is 3.82. The van der Waals surface area contributed by atoms with Crippen LogP contribution in [0.1, 0.15) is 76.3 Å². The van der Waals surface area contributed by atoms with E-state index in [4.69, 9.17) is 0 Å². The van der Waals surface area contributed by atoms with Crippen molar-refractivity contribution in [2.45, 2.75) is 89.0 Å². The van der Waals surface area contributed by atoms with Gasteiger partial charge in [0, 0.05) is 17.4 Å². The van der Waals surface area contributed by atoms with E-state index in [2.05, 4.69) is 24.0 Å². The molecule has 27 heavy (non-hydrogen) atoms. The number of benzene rings is 1. The molecular weight excluding hydrogens is 338 g/mol. The third-order valence-electron chi connectivity index (χ3n) is 7.48. The van der Waals surface area contributed by atoms with Gasteiger partial charge in [-0.1, -0.05) is 56.5 Å². The molecule has 3 fully saturated rings. The first-order valence-corrected chi connectivity index (χ1v) is 10.8. The highest BCUT2D eigenvalue weighted by atomic mass is 16.3. The van der Waals surface area contributed by atoms with Crippen LogP contribution in [0, 0.1) is 11.3 Å². The summed E-state index contributed by atoms with van der Waals surface area (Å²) in [5, 5.41) is 21.4. The zero-order valence-corrected chi connectivity index (χ0v) is 16.4. The molecule has 0 unspecified atom stereocenters. The Morgan fingerprint density at radius 2 is 1.70 bits per heavy atom. The van der Waals surface area contributed by atoms with Gasteiger partial charge in [-0.15, -0.1) is 0 Å². The second-order valence-corrected chi connectivity index (χ2v) is 9.18. The van der Waals surface area contributed by atoms with Crippen molar-refractivity contribution in [3.05, 3.63) is 35.9 Å². The molecule has 1 aliphatic heterocycles. The monoisotopic (exact) mass is 371 g/mol. The van der Waals surface area contributed by atoms with E-state index in [-0.39, 0.29) is 23.9 Å². The lowest BCUT2D eigenvalue weighted by Gasteiger charge is -2.40. The van der Waals surface area contributed by atoms with E-state index in [1.165, 1.54) is 6.42 Å². The van der Waals surface area contributed by atoms with Gasteiger partial charge in [0.05, 0.1) is 18.2 Å². The fourth-order valence-corrected chi connectivity index (χ4v) is 5.91. The fourth-order valence-electron chi connectivity index (χ4n) is 5.91. The van der Waals surface area contributed by atoms with Crippen LogP contribution in [-0.2, 0) is 4.79 Å². The topological polar surface area (TPSA) is 60.8 Å². The van der Waals surface area contributed by atoms with E-state index in [9.17, 15) is 15.0 Å². The SMILES string of the molecule is C[C@@]12C[C@H](c3ccccc3)N(C(=O)C3CCCCC3)[C@@H]1CCC[C@@H](O)[C@H]2O. The molecular formula is C23H33NO3. The lowest BCUT2D eigenvalue weighted by Crippen LogP contribution is -2.50. The number of carbonyl (C=O) groups excluding carboxylic acids is 1. The number of carbonyl (C=O) groups is 1. The summed E-state index contributed by atoms with van der Waals surface area (Å²) in [6, 6.07) is 10.3. The lowest BCUT2D eigenvalue weighted by atomic mass is 9.74. The van der Waals surface area contributed by atoms with Crippen molar-refractivity contribution in [2.75, 3.05) is 0 Å². The van der Waals surface area contributed by atoms with E-state index < -0.39 is 17.6 Å². The minimum atomic E-state index is -0.777. The molecule has 4 rings (SSSR count). The van der Waals surface area contributed by atoms with Gasteiger partial charge in [-0.3, -0.25) is 4.79 Å². The minimum absolute atomic E-state index is 0.00397. The summed E-state index contributed by atoms with van der Waals surface area (Å²) >= 11 is 0. The molecule has 2 saturated carbocycles. The molecule has 0 aromatic heterocycles. The summed E-state index contributed by atoms with van der Waals surface area (Å²) in [4.78, 5) is 15.8. The Balaban J connectivity index is 1.72. The second kappa shape index (κ2) is 7.56. The van der Waals surface area contributed by atoms with Gasteiger partial charge in [0.15, 0.2) is 0 Å². The van der Waals surface area contributed by atoms with Crippen molar-refractivity contribution in [2.24, 2.45) is 11.3 Å². The molecule has 2 N–H and O–H groups in total. The van der Waals surface area contributed by atoms with Gasteiger partial charge in [-0.25, -0.2) is 0 Å². The average molecular weight is 372 g/mol. The van der Waals surface area contributed by atoms with Crippen molar-refractivity contribution < 1.29 is 15.0 Å². The smallest absolute Gasteiger partial charge is 0.226 e. The molecule has 0 bridgehead atoms. The quantitative estimate of drug-likeness (QED) is 0.831. The molecule has 3 aliphatic rings. The molecule has 0 radical (unpaired) electrons. The fraction of sp³-hybridized carbons (Fsp3) is 0.696. The van der Waals surface area contributed by atoms with Crippen molar-refractivity contribution in [3.63, 3.8) is 0 Å². The number of hydrogen-bond acceptors (Lipinski definition) is 3. The summed E-state index contributed by atoms with van der Waals surface area (Å²) in [7, 11) is 0. The Morgan fingerprint density at radius 1 is 1.00 bits per heavy atom. The molecule has 2 aliphatic carbocycles. The molecule has 4 heteroatoms. The standard InChI is InChI=1S/C23H33NO3/c1-23-15-18(16-9-4-2-5-10-16)24(22(27)17-11-6-3-7-12-17)20(23)14-8-13-19(25)21(23)26/h2,4-5,9-10,17-21,25-26H,3,6-8,11-15H2,1H3/t18-,19-,20-,21-,23-/m1/s1. The molecule has 1 aromatic rings. The maximum absolute atomic E-state index is 13.7. The summed E-state index contributed by atoms with van der Waals surface area (Å²) in [5.41, 5.74) is 0.693. The summed E-state index contributed by atoms with van der Waals surface area (Å²) in [6.07, 6.45) is 7.09. The number of nitrogens with zero attached hydrogens (tertiary/aromatic N) is 1. The first-order chi connectivity index (χ1) is 13.0. The first-order valence-electron chi connectivity index (χ1n) is 10.8. The van der Waals surface area contributed by atoms with Crippen LogP contribution in [0.2, 0.25) is 0 Å². The number of fused-ring (bicyclic) bond motifs is 1. The highest BCUT2D eigenvalue weighted by molar-refractivity contribution is 5.80. The maximum atomic E-state index is 13.7. The zero-order chi connectivity index (χ0) is 19.0. The molecule has 1 saturated heterocycles. The van der Waals surface area contributed by atoms with Crippen molar-refractivity contribution in [1.29, 1.82) is 0 Å². The second-order valence-electron chi connectivity index (χ2n) is 9.18. The van der Waals surface area contributed by atoms with Crippen LogP contribution in [0.4, 0.5) is 0 Å². The number of aliphatic hydroxyl groups excluding tert-OH is 2. The summed E-state index contributed by atoms with van der Waals surface area (Å²) in [5.74, 6) is 0.401. The van der Waals surface area contributed by atoms with Crippen molar-refractivity contribution in [3.8, 4) is 0 Å². The van der Waals surface area contributed by atoms with Crippen LogP contribution >= 0.6 is 0 Å². The largest absolute Gasteiger partial charge is 0.390 e. The summed E-state index contributed by atoms with van der Waals surface area (Å²) < 4.78 is 0. The van der Waals surface area contributed by atoms with Gasteiger partial charge in [-0.05, 0) is 44.1 Å². The average Bonchev–Trinajstić information content (AvgIpc) is 2.96. The molecule has 5 atom stereocenters. The summed E-state index contributed by atoms with van der Waals surface area (Å²) in [6.45, 7) is 2.08. The minimum Gasteiger partial charge on any atom is -0.390 e. The van der Waals surface area contributed by atoms with E-state index in [1.54, 1.807) is 0 Å². The molecule has 1 heterocycles. The molecule has 0 spiro atoms. The normalized spacial score (nSPS) is 37.7. The third kappa shape index (κ3) is 3.31. The number of hydrogen-bond donors (Lipinski definition) is 2.